The lowest BCUT2D eigenvalue weighted by Gasteiger charge is -2.36. The van der Waals surface area contributed by atoms with E-state index in [4.69, 9.17) is 4.74 Å². The lowest BCUT2D eigenvalue weighted by Crippen LogP contribution is -2.40. The predicted octanol–water partition coefficient (Wildman–Crippen LogP) is 3.40. The molecular weight excluding hydrogens is 346 g/mol. The van der Waals surface area contributed by atoms with Crippen molar-refractivity contribution in [2.75, 3.05) is 31.6 Å². The van der Waals surface area contributed by atoms with E-state index in [-0.39, 0.29) is 11.9 Å². The van der Waals surface area contributed by atoms with E-state index in [1.165, 1.54) is 34.4 Å². The number of hydrogen-bond acceptors (Lipinski definition) is 5. The van der Waals surface area contributed by atoms with Crippen LogP contribution in [0.15, 0.2) is 24.5 Å². The Bertz CT molecular complexity index is 769. The summed E-state index contributed by atoms with van der Waals surface area (Å²) in [7, 11) is 0. The lowest BCUT2D eigenvalue weighted by atomic mass is 9.89. The predicted molar refractivity (Wildman–Crippen MR) is 104 cm³/mol. The molecule has 0 unspecified atom stereocenters. The molecule has 2 aromatic heterocycles. The number of rotatable bonds is 4. The molecule has 3 heterocycles. The Morgan fingerprint density at radius 3 is 2.69 bits per heavy atom. The van der Waals surface area contributed by atoms with Crippen LogP contribution in [0.2, 0.25) is 0 Å². The molecule has 1 saturated heterocycles. The summed E-state index contributed by atoms with van der Waals surface area (Å²) in [6.45, 7) is 4.90. The van der Waals surface area contributed by atoms with Crippen LogP contribution in [0.5, 0.6) is 0 Å². The van der Waals surface area contributed by atoms with Crippen molar-refractivity contribution in [3.63, 3.8) is 0 Å². The third kappa shape index (κ3) is 3.54. The van der Waals surface area contributed by atoms with Gasteiger partial charge in [0.2, 0.25) is 5.91 Å². The Labute approximate surface area is 158 Å². The number of amides is 1. The molecule has 26 heavy (non-hydrogen) atoms. The molecule has 1 aliphatic carbocycles. The number of hydrogen-bond donors (Lipinski definition) is 1. The van der Waals surface area contributed by atoms with Gasteiger partial charge in [0.05, 0.1) is 19.3 Å². The molecule has 4 rings (SSSR count). The van der Waals surface area contributed by atoms with Crippen molar-refractivity contribution in [3.8, 4) is 0 Å². The lowest BCUT2D eigenvalue weighted by molar-refractivity contribution is -0.114. The minimum atomic E-state index is 0.000280. The van der Waals surface area contributed by atoms with Crippen LogP contribution in [0.25, 0.3) is 0 Å². The number of morpholine rings is 1. The van der Waals surface area contributed by atoms with Gasteiger partial charge in [-0.05, 0) is 48.9 Å². The molecule has 2 aromatic rings. The SMILES string of the molecule is CC(=O)Nc1sc2c(c1[C@H](c1ccncc1)N1CCOCC1)CCCC2. The van der Waals surface area contributed by atoms with Crippen molar-refractivity contribution in [1.29, 1.82) is 0 Å². The number of pyridine rings is 1. The first kappa shape index (κ1) is 17.6. The van der Waals surface area contributed by atoms with Gasteiger partial charge in [0.1, 0.15) is 5.00 Å². The Morgan fingerprint density at radius 2 is 1.96 bits per heavy atom. The highest BCUT2D eigenvalue weighted by Gasteiger charge is 2.32. The number of ether oxygens (including phenoxy) is 1. The second-order valence-corrected chi connectivity index (χ2v) is 8.07. The van der Waals surface area contributed by atoms with Gasteiger partial charge in [0.15, 0.2) is 0 Å². The molecule has 138 valence electrons. The molecule has 5 nitrogen and oxygen atoms in total. The second kappa shape index (κ2) is 7.86. The van der Waals surface area contributed by atoms with Crippen LogP contribution >= 0.6 is 11.3 Å². The maximum Gasteiger partial charge on any atom is 0.221 e. The van der Waals surface area contributed by atoms with Crippen LogP contribution < -0.4 is 5.32 Å². The van der Waals surface area contributed by atoms with Gasteiger partial charge in [-0.1, -0.05) is 0 Å². The van der Waals surface area contributed by atoms with Gasteiger partial charge < -0.3 is 10.1 Å². The van der Waals surface area contributed by atoms with E-state index < -0.39 is 0 Å². The highest BCUT2D eigenvalue weighted by Crippen LogP contribution is 2.45. The topological polar surface area (TPSA) is 54.5 Å². The summed E-state index contributed by atoms with van der Waals surface area (Å²) in [6.07, 6.45) is 8.41. The Hall–Kier alpha value is -1.76. The number of aromatic nitrogens is 1. The number of thiophene rings is 1. The third-order valence-corrected chi connectivity index (χ3v) is 6.43. The molecule has 0 saturated carbocycles. The van der Waals surface area contributed by atoms with Crippen LogP contribution in [0.4, 0.5) is 5.00 Å². The highest BCUT2D eigenvalue weighted by molar-refractivity contribution is 7.16. The van der Waals surface area contributed by atoms with Gasteiger partial charge in [-0.25, -0.2) is 0 Å². The third-order valence-electron chi connectivity index (χ3n) is 5.21. The monoisotopic (exact) mass is 371 g/mol. The first-order chi connectivity index (χ1) is 12.7. The van der Waals surface area contributed by atoms with E-state index in [2.05, 4.69) is 27.3 Å². The van der Waals surface area contributed by atoms with E-state index in [1.54, 1.807) is 18.3 Å². The Balaban J connectivity index is 1.84. The minimum Gasteiger partial charge on any atom is -0.379 e. The molecule has 1 fully saturated rings. The average molecular weight is 372 g/mol. The van der Waals surface area contributed by atoms with Crippen molar-refractivity contribution in [1.82, 2.24) is 9.88 Å². The molecule has 0 aromatic carbocycles. The molecule has 1 aliphatic heterocycles. The van der Waals surface area contributed by atoms with Crippen LogP contribution in [0, 0.1) is 0 Å². The van der Waals surface area contributed by atoms with E-state index in [0.717, 1.165) is 44.1 Å². The molecule has 1 N–H and O–H groups in total. The molecule has 2 aliphatic rings. The molecule has 1 atom stereocenters. The van der Waals surface area contributed by atoms with E-state index in [9.17, 15) is 4.79 Å². The quantitative estimate of drug-likeness (QED) is 0.895. The number of carbonyl (C=O) groups is 1. The number of carbonyl (C=O) groups excluding carboxylic acids is 1. The Morgan fingerprint density at radius 1 is 1.23 bits per heavy atom. The molecule has 0 radical (unpaired) electrons. The first-order valence-corrected chi connectivity index (χ1v) is 10.2. The van der Waals surface area contributed by atoms with E-state index >= 15 is 0 Å². The number of anilines is 1. The molecule has 1 amide bonds. The molecular formula is C20H25N3O2S. The van der Waals surface area contributed by atoms with Crippen LogP contribution in [-0.2, 0) is 22.4 Å². The van der Waals surface area contributed by atoms with Crippen molar-refractivity contribution < 1.29 is 9.53 Å². The van der Waals surface area contributed by atoms with Crippen molar-refractivity contribution >= 4 is 22.2 Å². The van der Waals surface area contributed by atoms with Gasteiger partial charge in [-0.15, -0.1) is 11.3 Å². The first-order valence-electron chi connectivity index (χ1n) is 9.38. The van der Waals surface area contributed by atoms with Crippen LogP contribution in [0.3, 0.4) is 0 Å². The van der Waals surface area contributed by atoms with Gasteiger partial charge in [0, 0.05) is 42.8 Å². The fourth-order valence-corrected chi connectivity index (χ4v) is 5.44. The average Bonchev–Trinajstić information content (AvgIpc) is 3.01. The summed E-state index contributed by atoms with van der Waals surface area (Å²) in [5, 5.41) is 4.15. The fourth-order valence-electron chi connectivity index (χ4n) is 4.07. The number of fused-ring (bicyclic) bond motifs is 1. The van der Waals surface area contributed by atoms with Crippen molar-refractivity contribution in [2.24, 2.45) is 0 Å². The second-order valence-electron chi connectivity index (χ2n) is 6.97. The smallest absolute Gasteiger partial charge is 0.221 e. The molecule has 6 heteroatoms. The highest BCUT2D eigenvalue weighted by atomic mass is 32.1. The Kier molecular flexibility index (Phi) is 5.33. The summed E-state index contributed by atoms with van der Waals surface area (Å²) < 4.78 is 5.59. The fraction of sp³-hybridized carbons (Fsp3) is 0.500. The number of aryl methyl sites for hydroxylation is 1. The zero-order valence-corrected chi connectivity index (χ0v) is 16.0. The summed E-state index contributed by atoms with van der Waals surface area (Å²) in [5.41, 5.74) is 3.99. The van der Waals surface area contributed by atoms with Crippen LogP contribution in [0.1, 0.15) is 47.4 Å². The van der Waals surface area contributed by atoms with Crippen molar-refractivity contribution in [3.05, 3.63) is 46.1 Å². The van der Waals surface area contributed by atoms with Gasteiger partial charge in [0.25, 0.3) is 0 Å². The molecule has 0 bridgehead atoms. The molecule has 0 spiro atoms. The van der Waals surface area contributed by atoms with Gasteiger partial charge in [-0.3, -0.25) is 14.7 Å². The maximum absolute atomic E-state index is 11.9. The number of nitrogens with zero attached hydrogens (tertiary/aromatic N) is 2. The van der Waals surface area contributed by atoms with Crippen LogP contribution in [-0.4, -0.2) is 42.1 Å². The number of nitrogens with one attached hydrogen (secondary N) is 1. The summed E-state index contributed by atoms with van der Waals surface area (Å²) in [4.78, 5) is 20.0. The largest absolute Gasteiger partial charge is 0.379 e. The zero-order valence-electron chi connectivity index (χ0n) is 15.2. The normalized spacial score (nSPS) is 19.0. The van der Waals surface area contributed by atoms with Gasteiger partial charge in [-0.2, -0.15) is 0 Å². The summed E-state index contributed by atoms with van der Waals surface area (Å²) in [6, 6.07) is 4.34. The van der Waals surface area contributed by atoms with E-state index in [1.807, 2.05) is 12.4 Å². The summed E-state index contributed by atoms with van der Waals surface area (Å²) >= 11 is 1.77. The minimum absolute atomic E-state index is 0.000280. The van der Waals surface area contributed by atoms with Crippen molar-refractivity contribution in [2.45, 2.75) is 38.6 Å². The maximum atomic E-state index is 11.9. The summed E-state index contributed by atoms with van der Waals surface area (Å²) in [5.74, 6) is 0.000280. The zero-order chi connectivity index (χ0) is 17.9. The van der Waals surface area contributed by atoms with Gasteiger partial charge >= 0.3 is 0 Å². The standard InChI is InChI=1S/C20H25N3O2S/c1-14(24)22-20-18(16-4-2-3-5-17(16)26-20)19(15-6-8-21-9-7-15)23-10-12-25-13-11-23/h6-9,19H,2-5,10-13H2,1H3,(H,22,24)/t19-/m0/s1. The van der Waals surface area contributed by atoms with E-state index in [0.29, 0.717) is 0 Å².